The molecule has 2 heterocycles. The first-order valence-electron chi connectivity index (χ1n) is 12.2. The number of carbonyl (C=O) groups excluding carboxylic acids is 1. The van der Waals surface area contributed by atoms with Crippen LogP contribution in [0.25, 0.3) is 33.8 Å². The van der Waals surface area contributed by atoms with E-state index in [-0.39, 0.29) is 11.6 Å². The molecular weight excluding hydrogens is 530 g/mol. The van der Waals surface area contributed by atoms with Gasteiger partial charge in [-0.25, -0.2) is 9.97 Å². The van der Waals surface area contributed by atoms with Gasteiger partial charge in [0.05, 0.1) is 27.3 Å². The van der Waals surface area contributed by atoms with E-state index in [1.165, 1.54) is 46.4 Å². The Labute approximate surface area is 233 Å². The molecule has 0 saturated heterocycles. The lowest BCUT2D eigenvalue weighted by Gasteiger charge is -2.08. The highest BCUT2D eigenvalue weighted by atomic mass is 32.2. The van der Waals surface area contributed by atoms with E-state index >= 15 is 0 Å². The zero-order valence-electron chi connectivity index (χ0n) is 21.5. The summed E-state index contributed by atoms with van der Waals surface area (Å²) in [5, 5.41) is 16.3. The topological polar surface area (TPSA) is 114 Å². The fraction of sp³-hybridized carbons (Fsp3) is 0.138. The molecule has 0 saturated carbocycles. The summed E-state index contributed by atoms with van der Waals surface area (Å²) in [5.41, 5.74) is 7.25. The summed E-state index contributed by atoms with van der Waals surface area (Å²) in [6.07, 6.45) is 0. The van der Waals surface area contributed by atoms with Crippen LogP contribution in [-0.2, 0) is 4.79 Å². The lowest BCUT2D eigenvalue weighted by molar-refractivity contribution is -0.384. The second kappa shape index (κ2) is 11.2. The second-order valence-corrected chi connectivity index (χ2v) is 11.3. The predicted octanol–water partition coefficient (Wildman–Crippen LogP) is 7.51. The van der Waals surface area contributed by atoms with E-state index in [1.807, 2.05) is 20.8 Å². The highest BCUT2D eigenvalue weighted by Gasteiger charge is 2.21. The van der Waals surface area contributed by atoms with Crippen molar-refractivity contribution >= 4 is 39.8 Å². The van der Waals surface area contributed by atoms with Crippen molar-refractivity contribution in [3.63, 3.8) is 0 Å². The maximum Gasteiger partial charge on any atom is 0.270 e. The molecular formula is C29H25N5O3S2. The van der Waals surface area contributed by atoms with Crippen molar-refractivity contribution < 1.29 is 9.72 Å². The number of thioether (sulfide) groups is 1. The molecule has 5 rings (SSSR count). The van der Waals surface area contributed by atoms with Gasteiger partial charge in [0, 0.05) is 34.2 Å². The van der Waals surface area contributed by atoms with Gasteiger partial charge in [0.2, 0.25) is 5.91 Å². The molecule has 2 aromatic heterocycles. The van der Waals surface area contributed by atoms with Gasteiger partial charge in [-0.05, 0) is 20.8 Å². The fourth-order valence-electron chi connectivity index (χ4n) is 3.93. The Kier molecular flexibility index (Phi) is 7.58. The van der Waals surface area contributed by atoms with Crippen LogP contribution in [0, 0.1) is 24.0 Å². The summed E-state index contributed by atoms with van der Waals surface area (Å²) in [5.74, 6) is -0.217. The Morgan fingerprint density at radius 3 is 2.31 bits per heavy atom. The number of non-ortho nitro benzene ring substituents is 1. The summed E-state index contributed by atoms with van der Waals surface area (Å²) in [6, 6.07) is 22.7. The van der Waals surface area contributed by atoms with Crippen molar-refractivity contribution in [2.75, 3.05) is 5.32 Å². The molecule has 1 amide bonds. The number of nitrogens with one attached hydrogen (secondary N) is 2. The van der Waals surface area contributed by atoms with Gasteiger partial charge in [-0.3, -0.25) is 14.9 Å². The maximum atomic E-state index is 13.0. The third-order valence-corrected chi connectivity index (χ3v) is 7.83. The van der Waals surface area contributed by atoms with Gasteiger partial charge in [-0.15, -0.1) is 11.3 Å². The first-order chi connectivity index (χ1) is 18.8. The van der Waals surface area contributed by atoms with E-state index in [4.69, 9.17) is 4.98 Å². The van der Waals surface area contributed by atoms with Crippen molar-refractivity contribution in [1.29, 1.82) is 0 Å². The van der Waals surface area contributed by atoms with Gasteiger partial charge < -0.3 is 10.3 Å². The van der Waals surface area contributed by atoms with Gasteiger partial charge in [0.25, 0.3) is 5.69 Å². The number of hydrogen-bond donors (Lipinski definition) is 2. The van der Waals surface area contributed by atoms with E-state index in [0.29, 0.717) is 21.5 Å². The van der Waals surface area contributed by atoms with E-state index in [1.54, 1.807) is 17.5 Å². The molecule has 1 unspecified atom stereocenters. The van der Waals surface area contributed by atoms with E-state index < -0.39 is 10.2 Å². The highest BCUT2D eigenvalue weighted by Crippen LogP contribution is 2.35. The Bertz CT molecular complexity index is 1580. The molecule has 1 atom stereocenters. The summed E-state index contributed by atoms with van der Waals surface area (Å²) < 4.78 is 0. The zero-order chi connectivity index (χ0) is 27.5. The van der Waals surface area contributed by atoms with Gasteiger partial charge in [-0.2, -0.15) is 0 Å². The summed E-state index contributed by atoms with van der Waals surface area (Å²) in [7, 11) is 0. The average Bonchev–Trinajstić information content (AvgIpc) is 3.57. The van der Waals surface area contributed by atoms with Crippen LogP contribution in [0.5, 0.6) is 0 Å². The molecule has 39 heavy (non-hydrogen) atoms. The number of aromatic nitrogens is 3. The number of thiazole rings is 1. The minimum atomic E-state index is -0.460. The summed E-state index contributed by atoms with van der Waals surface area (Å²) in [6.45, 7) is 5.91. The Balaban J connectivity index is 1.34. The molecule has 0 radical (unpaired) electrons. The molecule has 0 fully saturated rings. The van der Waals surface area contributed by atoms with Crippen molar-refractivity contribution in [1.82, 2.24) is 15.0 Å². The van der Waals surface area contributed by atoms with Gasteiger partial charge in [-0.1, -0.05) is 83.6 Å². The lowest BCUT2D eigenvalue weighted by Crippen LogP contribution is -2.22. The number of carbonyl (C=O) groups is 1. The molecule has 10 heteroatoms. The van der Waals surface area contributed by atoms with Crippen LogP contribution in [-0.4, -0.2) is 31.0 Å². The molecule has 8 nitrogen and oxygen atoms in total. The SMILES string of the molecule is Cc1ccc(-c2nc(SC(C)C(=O)Nc3nc(-c4cccc([N+](=O)[O-])c4)cs3)[nH]c2-c2ccc(C)cc2)cc1. The number of nitrogens with zero attached hydrogens (tertiary/aromatic N) is 3. The van der Waals surface area contributed by atoms with Crippen molar-refractivity contribution in [3.8, 4) is 33.8 Å². The number of imidazole rings is 1. The molecule has 0 aliphatic heterocycles. The maximum absolute atomic E-state index is 13.0. The molecule has 196 valence electrons. The van der Waals surface area contributed by atoms with E-state index in [0.717, 1.165) is 22.5 Å². The van der Waals surface area contributed by atoms with E-state index in [9.17, 15) is 14.9 Å². The molecule has 0 bridgehead atoms. The number of aryl methyl sites for hydroxylation is 2. The number of amides is 1. The summed E-state index contributed by atoms with van der Waals surface area (Å²) >= 11 is 2.60. The number of benzene rings is 3. The number of H-pyrrole nitrogens is 1. The smallest absolute Gasteiger partial charge is 0.270 e. The van der Waals surface area contributed by atoms with Crippen molar-refractivity contribution in [2.24, 2.45) is 0 Å². The number of nitro benzene ring substituents is 1. The molecule has 0 spiro atoms. The number of rotatable bonds is 8. The van der Waals surface area contributed by atoms with Gasteiger partial charge in [0.15, 0.2) is 10.3 Å². The molecule has 3 aromatic carbocycles. The molecule has 0 aliphatic rings. The Morgan fingerprint density at radius 2 is 1.64 bits per heavy atom. The number of aromatic amines is 1. The van der Waals surface area contributed by atoms with Crippen molar-refractivity contribution in [2.45, 2.75) is 31.2 Å². The normalized spacial score (nSPS) is 11.8. The van der Waals surface area contributed by atoms with Gasteiger partial charge >= 0.3 is 0 Å². The van der Waals surface area contributed by atoms with E-state index in [2.05, 4.69) is 63.8 Å². The highest BCUT2D eigenvalue weighted by molar-refractivity contribution is 8.00. The summed E-state index contributed by atoms with van der Waals surface area (Å²) in [4.78, 5) is 36.4. The zero-order valence-corrected chi connectivity index (χ0v) is 23.1. The Morgan fingerprint density at radius 1 is 0.974 bits per heavy atom. The molecule has 0 aliphatic carbocycles. The minimum Gasteiger partial charge on any atom is -0.332 e. The van der Waals surface area contributed by atoms with Crippen LogP contribution in [0.2, 0.25) is 0 Å². The number of anilines is 1. The standard InChI is InChI=1S/C29H25N5O3S2/c1-17-7-11-20(12-8-17)25-26(21-13-9-18(2)10-14-21)32-29(31-25)39-19(3)27(35)33-28-30-24(16-38-28)22-5-4-6-23(15-22)34(36)37/h4-16,19H,1-3H3,(H,31,32)(H,30,33,35). The average molecular weight is 556 g/mol. The fourth-order valence-corrected chi connectivity index (χ4v) is 5.46. The van der Waals surface area contributed by atoms with Crippen LogP contribution in [0.4, 0.5) is 10.8 Å². The van der Waals surface area contributed by atoms with Crippen LogP contribution < -0.4 is 5.32 Å². The quantitative estimate of drug-likeness (QED) is 0.116. The predicted molar refractivity (Wildman–Crippen MR) is 157 cm³/mol. The van der Waals surface area contributed by atoms with Crippen LogP contribution >= 0.6 is 23.1 Å². The van der Waals surface area contributed by atoms with Crippen LogP contribution in [0.3, 0.4) is 0 Å². The number of nitro groups is 1. The monoisotopic (exact) mass is 555 g/mol. The van der Waals surface area contributed by atoms with Crippen LogP contribution in [0.1, 0.15) is 18.1 Å². The Hall–Kier alpha value is -4.28. The number of hydrogen-bond acceptors (Lipinski definition) is 7. The first-order valence-corrected chi connectivity index (χ1v) is 13.9. The molecule has 2 N–H and O–H groups in total. The minimum absolute atomic E-state index is 0.00966. The van der Waals surface area contributed by atoms with Crippen LogP contribution in [0.15, 0.2) is 83.3 Å². The largest absolute Gasteiger partial charge is 0.332 e. The second-order valence-electron chi connectivity index (χ2n) is 9.09. The third-order valence-electron chi connectivity index (χ3n) is 6.09. The molecule has 5 aromatic rings. The lowest BCUT2D eigenvalue weighted by atomic mass is 10.0. The van der Waals surface area contributed by atoms with Gasteiger partial charge in [0.1, 0.15) is 0 Å². The first kappa shape index (κ1) is 26.3. The van der Waals surface area contributed by atoms with Crippen molar-refractivity contribution in [3.05, 3.63) is 99.4 Å². The third kappa shape index (κ3) is 6.08.